The number of benzene rings is 1. The van der Waals surface area contributed by atoms with Crippen LogP contribution in [0.15, 0.2) is 23.6 Å². The van der Waals surface area contributed by atoms with Crippen LogP contribution in [0.3, 0.4) is 0 Å². The van der Waals surface area contributed by atoms with Gasteiger partial charge in [-0.15, -0.1) is 11.3 Å². The number of nitrogens with one attached hydrogen (secondary N) is 1. The molecule has 108 valence electrons. The summed E-state index contributed by atoms with van der Waals surface area (Å²) in [6, 6.07) is 4.93. The predicted molar refractivity (Wildman–Crippen MR) is 81.9 cm³/mol. The Bertz CT molecular complexity index is 822. The molecule has 0 unspecified atom stereocenters. The number of fused-ring (bicyclic) bond motifs is 1. The van der Waals surface area contributed by atoms with Gasteiger partial charge in [0.1, 0.15) is 0 Å². The van der Waals surface area contributed by atoms with Crippen molar-refractivity contribution in [3.8, 4) is 0 Å². The van der Waals surface area contributed by atoms with Gasteiger partial charge in [0.25, 0.3) is 0 Å². The lowest BCUT2D eigenvalue weighted by atomic mass is 10.2. The third-order valence-corrected chi connectivity index (χ3v) is 4.04. The Hall–Kier alpha value is -2.41. The summed E-state index contributed by atoms with van der Waals surface area (Å²) in [5.74, 6) is -0.256. The molecule has 0 atom stereocenters. The summed E-state index contributed by atoms with van der Waals surface area (Å²) in [7, 11) is 1.89. The zero-order chi connectivity index (χ0) is 15.0. The molecule has 0 saturated heterocycles. The van der Waals surface area contributed by atoms with Crippen molar-refractivity contribution in [3.05, 3.63) is 39.8 Å². The topological polar surface area (TPSA) is 80.0 Å². The Morgan fingerprint density at radius 1 is 1.43 bits per heavy atom. The second-order valence-corrected chi connectivity index (χ2v) is 5.78. The summed E-state index contributed by atoms with van der Waals surface area (Å²) in [5.41, 5.74) is 2.75. The summed E-state index contributed by atoms with van der Waals surface area (Å²) in [6.07, 6.45) is 0. The van der Waals surface area contributed by atoms with Gasteiger partial charge in [-0.3, -0.25) is 0 Å². The van der Waals surface area contributed by atoms with E-state index in [2.05, 4.69) is 15.3 Å². The molecule has 0 fully saturated rings. The van der Waals surface area contributed by atoms with E-state index in [0.717, 1.165) is 16.2 Å². The van der Waals surface area contributed by atoms with E-state index in [1.54, 1.807) is 29.5 Å². The number of aryl methyl sites for hydroxylation is 2. The lowest BCUT2D eigenvalue weighted by Crippen LogP contribution is -2.05. The van der Waals surface area contributed by atoms with E-state index in [9.17, 15) is 4.79 Å². The van der Waals surface area contributed by atoms with E-state index in [-0.39, 0.29) is 5.56 Å². The number of hydrogen-bond acceptors (Lipinski definition) is 5. The van der Waals surface area contributed by atoms with E-state index in [0.29, 0.717) is 18.0 Å². The molecular weight excluding hydrogens is 288 g/mol. The fraction of sp³-hybridized carbons (Fsp3) is 0.214. The minimum absolute atomic E-state index is 0.238. The zero-order valence-corrected chi connectivity index (χ0v) is 12.4. The lowest BCUT2D eigenvalue weighted by molar-refractivity contribution is 0.0697. The van der Waals surface area contributed by atoms with Gasteiger partial charge < -0.3 is 15.0 Å². The molecule has 0 bridgehead atoms. The molecule has 1 aromatic carbocycles. The molecule has 0 saturated carbocycles. The number of thiazole rings is 1. The number of carbonyl (C=O) groups is 1. The molecule has 0 aliphatic rings. The fourth-order valence-electron chi connectivity index (χ4n) is 2.15. The molecule has 3 rings (SSSR count). The first-order chi connectivity index (χ1) is 10.0. The van der Waals surface area contributed by atoms with Crippen LogP contribution >= 0.6 is 11.3 Å². The Morgan fingerprint density at radius 2 is 2.24 bits per heavy atom. The first-order valence-electron chi connectivity index (χ1n) is 6.39. The van der Waals surface area contributed by atoms with E-state index in [1.165, 1.54) is 0 Å². The Balaban J connectivity index is 1.88. The number of carboxylic acids is 1. The fourth-order valence-corrected chi connectivity index (χ4v) is 2.76. The van der Waals surface area contributed by atoms with E-state index >= 15 is 0 Å². The number of nitrogens with zero attached hydrogens (tertiary/aromatic N) is 3. The van der Waals surface area contributed by atoms with Crippen LogP contribution in [0.25, 0.3) is 11.0 Å². The molecule has 3 aromatic rings. The molecule has 0 radical (unpaired) electrons. The smallest absolute Gasteiger partial charge is 0.335 e. The summed E-state index contributed by atoms with van der Waals surface area (Å²) in [4.78, 5) is 19.8. The van der Waals surface area contributed by atoms with Gasteiger partial charge in [0, 0.05) is 12.4 Å². The first-order valence-corrected chi connectivity index (χ1v) is 7.27. The summed E-state index contributed by atoms with van der Waals surface area (Å²) >= 11 is 1.61. The molecular formula is C14H14N4O2S. The van der Waals surface area contributed by atoms with Gasteiger partial charge in [-0.05, 0) is 25.1 Å². The van der Waals surface area contributed by atoms with Crippen molar-refractivity contribution in [1.82, 2.24) is 14.5 Å². The van der Waals surface area contributed by atoms with Crippen molar-refractivity contribution >= 4 is 34.3 Å². The first kappa shape index (κ1) is 13.6. The van der Waals surface area contributed by atoms with Gasteiger partial charge in [-0.25, -0.2) is 14.8 Å². The van der Waals surface area contributed by atoms with Crippen LogP contribution in [0.5, 0.6) is 0 Å². The standard InChI is InChI=1S/C14H14N4O2S/c1-8-16-10(7-21-8)6-15-14-17-11-5-9(13(19)20)3-4-12(11)18(14)2/h3-5,7H,6H2,1-2H3,(H,15,17)(H,19,20). The lowest BCUT2D eigenvalue weighted by Gasteiger charge is -2.04. The number of carboxylic acid groups (broad SMARTS) is 1. The van der Waals surface area contributed by atoms with Crippen molar-refractivity contribution in [1.29, 1.82) is 0 Å². The molecule has 7 heteroatoms. The SMILES string of the molecule is Cc1nc(CNc2nc3cc(C(=O)O)ccc3n2C)cs1. The van der Waals surface area contributed by atoms with E-state index < -0.39 is 5.97 Å². The largest absolute Gasteiger partial charge is 0.478 e. The second-order valence-electron chi connectivity index (χ2n) is 4.71. The van der Waals surface area contributed by atoms with Gasteiger partial charge in [0.2, 0.25) is 5.95 Å². The van der Waals surface area contributed by atoms with E-state index in [4.69, 9.17) is 5.11 Å². The average Bonchev–Trinajstić information content (AvgIpc) is 3.00. The molecule has 0 spiro atoms. The normalized spacial score (nSPS) is 11.0. The molecule has 21 heavy (non-hydrogen) atoms. The van der Waals surface area contributed by atoms with Crippen LogP contribution in [0.1, 0.15) is 21.1 Å². The third-order valence-electron chi connectivity index (χ3n) is 3.22. The van der Waals surface area contributed by atoms with Crippen LogP contribution in [-0.4, -0.2) is 25.6 Å². The highest BCUT2D eigenvalue weighted by molar-refractivity contribution is 7.09. The van der Waals surface area contributed by atoms with Crippen LogP contribution in [-0.2, 0) is 13.6 Å². The minimum Gasteiger partial charge on any atom is -0.478 e. The highest BCUT2D eigenvalue weighted by Crippen LogP contribution is 2.20. The third kappa shape index (κ3) is 2.59. The highest BCUT2D eigenvalue weighted by atomic mass is 32.1. The Morgan fingerprint density at radius 3 is 2.90 bits per heavy atom. The zero-order valence-electron chi connectivity index (χ0n) is 11.6. The van der Waals surface area contributed by atoms with Crippen molar-refractivity contribution in [2.24, 2.45) is 7.05 Å². The van der Waals surface area contributed by atoms with Crippen molar-refractivity contribution in [2.45, 2.75) is 13.5 Å². The van der Waals surface area contributed by atoms with Crippen molar-refractivity contribution in [2.75, 3.05) is 5.32 Å². The molecule has 6 nitrogen and oxygen atoms in total. The maximum absolute atomic E-state index is 11.0. The highest BCUT2D eigenvalue weighted by Gasteiger charge is 2.11. The van der Waals surface area contributed by atoms with Crippen LogP contribution in [0.4, 0.5) is 5.95 Å². The molecule has 0 aliphatic heterocycles. The summed E-state index contributed by atoms with van der Waals surface area (Å²) < 4.78 is 1.90. The summed E-state index contributed by atoms with van der Waals surface area (Å²) in [5, 5.41) is 15.3. The molecule has 0 amide bonds. The maximum atomic E-state index is 11.0. The second kappa shape index (κ2) is 5.17. The number of anilines is 1. The minimum atomic E-state index is -0.949. The van der Waals surface area contributed by atoms with Crippen LogP contribution < -0.4 is 5.32 Å². The monoisotopic (exact) mass is 302 g/mol. The average molecular weight is 302 g/mol. The van der Waals surface area contributed by atoms with Crippen molar-refractivity contribution in [3.63, 3.8) is 0 Å². The predicted octanol–water partition coefficient (Wildman–Crippen LogP) is 2.65. The molecule has 2 heterocycles. The Labute approximate surface area is 125 Å². The number of hydrogen-bond donors (Lipinski definition) is 2. The quantitative estimate of drug-likeness (QED) is 0.774. The van der Waals surface area contributed by atoms with Gasteiger partial charge in [-0.1, -0.05) is 0 Å². The number of aromatic carboxylic acids is 1. The van der Waals surface area contributed by atoms with Crippen LogP contribution in [0.2, 0.25) is 0 Å². The van der Waals surface area contributed by atoms with Gasteiger partial charge in [-0.2, -0.15) is 0 Å². The number of rotatable bonds is 4. The molecule has 0 aliphatic carbocycles. The molecule has 2 aromatic heterocycles. The van der Waals surface area contributed by atoms with E-state index in [1.807, 2.05) is 23.9 Å². The maximum Gasteiger partial charge on any atom is 0.335 e. The number of aromatic nitrogens is 3. The summed E-state index contributed by atoms with van der Waals surface area (Å²) in [6.45, 7) is 2.56. The van der Waals surface area contributed by atoms with Crippen molar-refractivity contribution < 1.29 is 9.90 Å². The molecule has 2 N–H and O–H groups in total. The van der Waals surface area contributed by atoms with Crippen LogP contribution in [0, 0.1) is 6.92 Å². The van der Waals surface area contributed by atoms with Gasteiger partial charge >= 0.3 is 5.97 Å². The number of imidazole rings is 1. The van der Waals surface area contributed by atoms with Gasteiger partial charge in [0.05, 0.1) is 33.8 Å². The Kier molecular flexibility index (Phi) is 3.34. The van der Waals surface area contributed by atoms with Gasteiger partial charge in [0.15, 0.2) is 0 Å².